The van der Waals surface area contributed by atoms with Crippen LogP contribution in [0.1, 0.15) is 64.5 Å². The molecule has 0 fully saturated rings. The van der Waals surface area contributed by atoms with Crippen LogP contribution in [0.4, 0.5) is 5.69 Å². The second-order valence-electron chi connectivity index (χ2n) is 5.64. The van der Waals surface area contributed by atoms with Crippen LogP contribution in [-0.4, -0.2) is 12.4 Å². The molecule has 0 heterocycles. The van der Waals surface area contributed by atoms with Gasteiger partial charge in [0.25, 0.3) is 0 Å². The van der Waals surface area contributed by atoms with Crippen LogP contribution in [0.25, 0.3) is 0 Å². The molecule has 1 rings (SSSR count). The van der Waals surface area contributed by atoms with E-state index in [1.165, 1.54) is 16.8 Å². The third-order valence-electron chi connectivity index (χ3n) is 2.95. The number of anilines is 1. The van der Waals surface area contributed by atoms with Crippen molar-refractivity contribution in [1.29, 1.82) is 0 Å². The minimum atomic E-state index is 0.325. The molecule has 0 aliphatic heterocycles. The van der Waals surface area contributed by atoms with E-state index in [0.29, 0.717) is 17.9 Å². The number of hydrogen-bond donors (Lipinski definition) is 1. The molecule has 2 nitrogen and oxygen atoms in total. The highest BCUT2D eigenvalue weighted by Crippen LogP contribution is 2.31. The molecule has 0 unspecified atom stereocenters. The number of nitrogens with zero attached hydrogens (tertiary/aromatic N) is 1. The summed E-state index contributed by atoms with van der Waals surface area (Å²) in [6, 6.07) is 6.87. The van der Waals surface area contributed by atoms with Crippen LogP contribution in [0.15, 0.2) is 23.2 Å². The Morgan fingerprint density at radius 1 is 0.944 bits per heavy atom. The molecule has 0 amide bonds. The summed E-state index contributed by atoms with van der Waals surface area (Å²) in [7, 11) is 0. The van der Waals surface area contributed by atoms with Crippen molar-refractivity contribution in [2.24, 2.45) is 4.99 Å². The van der Waals surface area contributed by atoms with Gasteiger partial charge in [-0.1, -0.05) is 45.9 Å². The fourth-order valence-electron chi connectivity index (χ4n) is 1.97. The second kappa shape index (κ2) is 6.58. The average molecular weight is 246 g/mol. The zero-order valence-corrected chi connectivity index (χ0v) is 12.5. The van der Waals surface area contributed by atoms with E-state index < -0.39 is 0 Å². The molecule has 0 saturated carbocycles. The third-order valence-corrected chi connectivity index (χ3v) is 2.95. The fourth-order valence-corrected chi connectivity index (χ4v) is 1.97. The highest BCUT2D eigenvalue weighted by molar-refractivity contribution is 5.80. The Morgan fingerprint density at radius 3 is 1.83 bits per heavy atom. The summed E-state index contributed by atoms with van der Waals surface area (Å²) in [6.07, 6.45) is 1.83. The Hall–Kier alpha value is -1.31. The first-order chi connectivity index (χ1) is 8.43. The number of hydrogen-bond acceptors (Lipinski definition) is 1. The summed E-state index contributed by atoms with van der Waals surface area (Å²) in [5.41, 5.74) is 3.94. The SMILES string of the molecule is CC(C)N=CNc1c(C(C)C)cccc1C(C)C. The monoisotopic (exact) mass is 246 g/mol. The van der Waals surface area contributed by atoms with Crippen molar-refractivity contribution in [1.82, 2.24) is 0 Å². The van der Waals surface area contributed by atoms with Crippen LogP contribution < -0.4 is 5.32 Å². The number of aliphatic imine (C=N–C) groups is 1. The first-order valence-corrected chi connectivity index (χ1v) is 6.84. The maximum Gasteiger partial charge on any atom is 0.0871 e. The Bertz CT molecular complexity index is 377. The summed E-state index contributed by atoms with van der Waals surface area (Å²) >= 11 is 0. The molecule has 0 radical (unpaired) electrons. The summed E-state index contributed by atoms with van der Waals surface area (Å²) in [5, 5.41) is 3.38. The van der Waals surface area contributed by atoms with Gasteiger partial charge in [0.05, 0.1) is 6.34 Å². The molecule has 1 N–H and O–H groups in total. The normalized spacial score (nSPS) is 12.1. The van der Waals surface area contributed by atoms with Gasteiger partial charge in [-0.05, 0) is 36.8 Å². The smallest absolute Gasteiger partial charge is 0.0871 e. The minimum Gasteiger partial charge on any atom is -0.346 e. The van der Waals surface area contributed by atoms with Gasteiger partial charge in [0.15, 0.2) is 0 Å². The molecule has 0 bridgehead atoms. The topological polar surface area (TPSA) is 24.4 Å². The number of para-hydroxylation sites is 1. The standard InChI is InChI=1S/C16H26N2/c1-11(2)14-8-7-9-15(12(3)4)16(14)18-10-17-13(5)6/h7-13H,1-6H3,(H,17,18). The van der Waals surface area contributed by atoms with Gasteiger partial charge in [0.1, 0.15) is 0 Å². The van der Waals surface area contributed by atoms with Gasteiger partial charge in [-0.3, -0.25) is 4.99 Å². The quantitative estimate of drug-likeness (QED) is 0.586. The van der Waals surface area contributed by atoms with Crippen LogP contribution in [0.2, 0.25) is 0 Å². The van der Waals surface area contributed by atoms with E-state index in [-0.39, 0.29) is 0 Å². The minimum absolute atomic E-state index is 0.325. The molecule has 0 atom stereocenters. The lowest BCUT2D eigenvalue weighted by Crippen LogP contribution is -2.07. The molecule has 1 aromatic carbocycles. The zero-order chi connectivity index (χ0) is 13.7. The van der Waals surface area contributed by atoms with E-state index in [1.54, 1.807) is 0 Å². The summed E-state index contributed by atoms with van der Waals surface area (Å²) in [4.78, 5) is 4.38. The van der Waals surface area contributed by atoms with Crippen molar-refractivity contribution in [3.05, 3.63) is 29.3 Å². The molecule has 0 aliphatic carbocycles. The number of rotatable bonds is 5. The van der Waals surface area contributed by atoms with Crippen molar-refractivity contribution in [2.75, 3.05) is 5.32 Å². The van der Waals surface area contributed by atoms with Crippen LogP contribution in [0, 0.1) is 0 Å². The van der Waals surface area contributed by atoms with Gasteiger partial charge >= 0.3 is 0 Å². The molecule has 0 aromatic heterocycles. The molecule has 0 spiro atoms. The van der Waals surface area contributed by atoms with Crippen LogP contribution in [0.5, 0.6) is 0 Å². The van der Waals surface area contributed by atoms with Crippen LogP contribution in [-0.2, 0) is 0 Å². The van der Waals surface area contributed by atoms with E-state index in [4.69, 9.17) is 0 Å². The van der Waals surface area contributed by atoms with E-state index >= 15 is 0 Å². The molecule has 0 aliphatic rings. The van der Waals surface area contributed by atoms with Crippen molar-refractivity contribution < 1.29 is 0 Å². The summed E-state index contributed by atoms with van der Waals surface area (Å²) in [6.45, 7) is 13.1. The Labute approximate surface area is 112 Å². The van der Waals surface area contributed by atoms with Crippen molar-refractivity contribution in [3.63, 3.8) is 0 Å². The molecule has 100 valence electrons. The maximum absolute atomic E-state index is 4.38. The molecular weight excluding hydrogens is 220 g/mol. The van der Waals surface area contributed by atoms with E-state index in [0.717, 1.165) is 0 Å². The fraction of sp³-hybridized carbons (Fsp3) is 0.562. The molecule has 18 heavy (non-hydrogen) atoms. The van der Waals surface area contributed by atoms with E-state index in [1.807, 2.05) is 6.34 Å². The Balaban J connectivity index is 3.11. The Kier molecular flexibility index (Phi) is 5.39. The molecular formula is C16H26N2. The number of nitrogens with one attached hydrogen (secondary N) is 1. The highest BCUT2D eigenvalue weighted by Gasteiger charge is 2.12. The van der Waals surface area contributed by atoms with Crippen molar-refractivity contribution >= 4 is 12.0 Å². The zero-order valence-electron chi connectivity index (χ0n) is 12.5. The lowest BCUT2D eigenvalue weighted by molar-refractivity contribution is 0.834. The predicted molar refractivity (Wildman–Crippen MR) is 81.9 cm³/mol. The summed E-state index contributed by atoms with van der Waals surface area (Å²) < 4.78 is 0. The van der Waals surface area contributed by atoms with Gasteiger partial charge in [-0.2, -0.15) is 0 Å². The average Bonchev–Trinajstić information content (AvgIpc) is 2.28. The van der Waals surface area contributed by atoms with Gasteiger partial charge < -0.3 is 5.32 Å². The lowest BCUT2D eigenvalue weighted by Gasteiger charge is -2.19. The van der Waals surface area contributed by atoms with Gasteiger partial charge in [0.2, 0.25) is 0 Å². The van der Waals surface area contributed by atoms with Gasteiger partial charge in [0, 0.05) is 11.7 Å². The van der Waals surface area contributed by atoms with Crippen LogP contribution in [0.3, 0.4) is 0 Å². The molecule has 1 aromatic rings. The number of benzene rings is 1. The van der Waals surface area contributed by atoms with Crippen LogP contribution >= 0.6 is 0 Å². The molecule has 0 saturated heterocycles. The maximum atomic E-state index is 4.38. The van der Waals surface area contributed by atoms with Gasteiger partial charge in [-0.25, -0.2) is 0 Å². The second-order valence-corrected chi connectivity index (χ2v) is 5.64. The van der Waals surface area contributed by atoms with Crippen molar-refractivity contribution in [2.45, 2.75) is 59.4 Å². The van der Waals surface area contributed by atoms with E-state index in [9.17, 15) is 0 Å². The predicted octanol–water partition coefficient (Wildman–Crippen LogP) is 4.78. The Morgan fingerprint density at radius 2 is 1.44 bits per heavy atom. The highest BCUT2D eigenvalue weighted by atomic mass is 15.0. The summed E-state index contributed by atoms with van der Waals surface area (Å²) in [5.74, 6) is 1.03. The first kappa shape index (κ1) is 14.7. The van der Waals surface area contributed by atoms with Crippen molar-refractivity contribution in [3.8, 4) is 0 Å². The van der Waals surface area contributed by atoms with Gasteiger partial charge in [-0.15, -0.1) is 0 Å². The van der Waals surface area contributed by atoms with E-state index in [2.05, 4.69) is 70.1 Å². The molecule has 2 heteroatoms. The largest absolute Gasteiger partial charge is 0.346 e. The lowest BCUT2D eigenvalue weighted by atomic mass is 9.93. The third kappa shape index (κ3) is 3.86. The first-order valence-electron chi connectivity index (χ1n) is 6.84.